The van der Waals surface area contributed by atoms with Crippen LogP contribution in [0.5, 0.6) is 0 Å². The van der Waals surface area contributed by atoms with Gasteiger partial charge in [0.15, 0.2) is 0 Å². The highest BCUT2D eigenvalue weighted by atomic mass is 28.4. The molecule has 2 heterocycles. The highest BCUT2D eigenvalue weighted by Crippen LogP contribution is 2.75. The molecule has 1 saturated heterocycles. The van der Waals surface area contributed by atoms with Crippen LogP contribution in [0.1, 0.15) is 119 Å². The molecule has 5 aliphatic rings. The fraction of sp³-hybridized carbons (Fsp3) is 0.643. The Morgan fingerprint density at radius 1 is 0.755 bits per heavy atom. The maximum absolute atomic E-state index is 7.40. The molecule has 4 bridgehead atoms. The average Bonchev–Trinajstić information content (AvgIpc) is 3.44. The van der Waals surface area contributed by atoms with E-state index in [1.807, 2.05) is 6.20 Å². The molecule has 5 fully saturated rings. The molecule has 1 aliphatic heterocycles. The van der Waals surface area contributed by atoms with Crippen LogP contribution in [0.3, 0.4) is 0 Å². The van der Waals surface area contributed by atoms with E-state index in [2.05, 4.69) is 135 Å². The number of aromatic nitrogens is 2. The molecule has 8 rings (SSSR count). The molecule has 4 aliphatic carbocycles. The van der Waals surface area contributed by atoms with E-state index in [1.54, 1.807) is 0 Å². The molecular weight excluding hydrogens is 619 g/mol. The fourth-order valence-electron chi connectivity index (χ4n) is 12.2. The zero-order chi connectivity index (χ0) is 35.1. The van der Waals surface area contributed by atoms with Crippen molar-refractivity contribution in [2.45, 2.75) is 143 Å². The highest BCUT2D eigenvalue weighted by Gasteiger charge is 2.65. The number of hydrogen-bond donors (Lipinski definition) is 0. The van der Waals surface area contributed by atoms with Gasteiger partial charge in [-0.1, -0.05) is 95.3 Å². The van der Waals surface area contributed by atoms with E-state index in [4.69, 9.17) is 18.8 Å². The van der Waals surface area contributed by atoms with Gasteiger partial charge in [-0.05, 0) is 123 Å². The summed E-state index contributed by atoms with van der Waals surface area (Å²) < 4.78 is 22.6. The Bertz CT molecular complexity index is 1590. The van der Waals surface area contributed by atoms with Crippen molar-refractivity contribution < 1.29 is 13.7 Å². The molecular formula is C42H61BN2O3Si. The first kappa shape index (κ1) is 35.2. The Morgan fingerprint density at radius 2 is 1.27 bits per heavy atom. The standard InChI is InChI=1S/C42H61BN2O3Si/c1-32-35(43-47-37(5,6)38(7,8)48-43)24-44-45(32)31-42-28-39(9)25-40(10,29-42)27-41(26-39,30-42)22-17-23-46-49(36(2,3)4,33-18-13-11-14-19-33)34-20-15-12-16-21-34/h11-16,18-21,24H,17,22-23,25-31H2,1-10H3. The largest absolute Gasteiger partial charge is 0.498 e. The summed E-state index contributed by atoms with van der Waals surface area (Å²) in [5.41, 5.74) is 2.96. The van der Waals surface area contributed by atoms with Gasteiger partial charge in [0.1, 0.15) is 0 Å². The van der Waals surface area contributed by atoms with Crippen molar-refractivity contribution in [2.75, 3.05) is 6.61 Å². The molecule has 2 aromatic carbocycles. The van der Waals surface area contributed by atoms with E-state index in [-0.39, 0.29) is 28.8 Å². The SMILES string of the molecule is Cc1c(B2OC(C)(C)C(C)(C)O2)cnn1CC12CC3(C)CC(C)(CC(CCCO[Si](c4ccccc4)(c4ccccc4)C(C)(C)C)(C3)C1)C2. The molecule has 2 atom stereocenters. The van der Waals surface area contributed by atoms with Crippen molar-refractivity contribution in [3.8, 4) is 0 Å². The van der Waals surface area contributed by atoms with Crippen molar-refractivity contribution in [2.24, 2.45) is 21.7 Å². The third kappa shape index (κ3) is 6.02. The van der Waals surface area contributed by atoms with Crippen LogP contribution < -0.4 is 15.8 Å². The van der Waals surface area contributed by atoms with Gasteiger partial charge in [0.05, 0.1) is 11.2 Å². The molecule has 0 radical (unpaired) electrons. The van der Waals surface area contributed by atoms with Crippen molar-refractivity contribution in [3.63, 3.8) is 0 Å². The van der Waals surface area contributed by atoms with E-state index in [9.17, 15) is 0 Å². The Labute approximate surface area is 298 Å². The molecule has 4 saturated carbocycles. The van der Waals surface area contributed by atoms with E-state index in [0.717, 1.165) is 25.0 Å². The molecule has 49 heavy (non-hydrogen) atoms. The highest BCUT2D eigenvalue weighted by molar-refractivity contribution is 6.99. The summed E-state index contributed by atoms with van der Waals surface area (Å²) in [6.07, 6.45) is 12.4. The first-order valence-electron chi connectivity index (χ1n) is 19.0. The smallest absolute Gasteiger partial charge is 0.407 e. The van der Waals surface area contributed by atoms with E-state index in [1.165, 1.54) is 61.0 Å². The third-order valence-corrected chi connectivity index (χ3v) is 18.6. The van der Waals surface area contributed by atoms with Crippen LogP contribution >= 0.6 is 0 Å². The monoisotopic (exact) mass is 680 g/mol. The third-order valence-electron chi connectivity index (χ3n) is 13.5. The predicted molar refractivity (Wildman–Crippen MR) is 204 cm³/mol. The Kier molecular flexibility index (Phi) is 8.38. The lowest BCUT2D eigenvalue weighted by Crippen LogP contribution is -2.66. The Balaban J connectivity index is 1.11. The van der Waals surface area contributed by atoms with Crippen LogP contribution in [0.4, 0.5) is 0 Å². The first-order chi connectivity index (χ1) is 22.8. The topological polar surface area (TPSA) is 45.5 Å². The molecule has 0 N–H and O–H groups in total. The lowest BCUT2D eigenvalue weighted by atomic mass is 9.35. The van der Waals surface area contributed by atoms with Gasteiger partial charge >= 0.3 is 7.12 Å². The molecule has 0 amide bonds. The molecule has 264 valence electrons. The van der Waals surface area contributed by atoms with Crippen molar-refractivity contribution in [1.29, 1.82) is 0 Å². The zero-order valence-corrected chi connectivity index (χ0v) is 33.1. The fourth-order valence-corrected chi connectivity index (χ4v) is 16.8. The zero-order valence-electron chi connectivity index (χ0n) is 32.1. The summed E-state index contributed by atoms with van der Waals surface area (Å²) >= 11 is 0. The van der Waals surface area contributed by atoms with Gasteiger partial charge in [-0.3, -0.25) is 4.68 Å². The van der Waals surface area contributed by atoms with Gasteiger partial charge in [0, 0.05) is 30.5 Å². The first-order valence-corrected chi connectivity index (χ1v) is 20.9. The number of benzene rings is 2. The molecule has 7 heteroatoms. The minimum atomic E-state index is -2.54. The normalized spacial score (nSPS) is 31.8. The summed E-state index contributed by atoms with van der Waals surface area (Å²) in [6, 6.07) is 22.2. The van der Waals surface area contributed by atoms with Crippen LogP contribution in [-0.4, -0.2) is 43.0 Å². The summed E-state index contributed by atoms with van der Waals surface area (Å²) in [7, 11) is -2.90. The minimum Gasteiger partial charge on any atom is -0.407 e. The maximum atomic E-state index is 7.40. The van der Waals surface area contributed by atoms with Gasteiger partial charge in [-0.25, -0.2) is 0 Å². The lowest BCUT2D eigenvalue weighted by molar-refractivity contribution is -0.198. The van der Waals surface area contributed by atoms with E-state index in [0.29, 0.717) is 16.2 Å². The average molecular weight is 681 g/mol. The summed E-state index contributed by atoms with van der Waals surface area (Å²) in [6.45, 7) is 24.9. The minimum absolute atomic E-state index is 0.00195. The molecule has 0 spiro atoms. The quantitative estimate of drug-likeness (QED) is 0.160. The van der Waals surface area contributed by atoms with Crippen LogP contribution in [0.2, 0.25) is 5.04 Å². The number of rotatable bonds is 10. The maximum Gasteiger partial charge on any atom is 0.498 e. The second-order valence-corrected chi connectivity index (χ2v) is 24.0. The number of nitrogens with zero attached hydrogens (tertiary/aromatic N) is 2. The van der Waals surface area contributed by atoms with Crippen molar-refractivity contribution in [3.05, 3.63) is 72.6 Å². The number of hydrogen-bond acceptors (Lipinski definition) is 4. The Morgan fingerprint density at radius 3 is 1.78 bits per heavy atom. The van der Waals surface area contributed by atoms with Gasteiger partial charge in [0.25, 0.3) is 8.32 Å². The summed E-state index contributed by atoms with van der Waals surface area (Å²) in [5, 5.41) is 7.77. The van der Waals surface area contributed by atoms with E-state index < -0.39 is 8.32 Å². The molecule has 5 nitrogen and oxygen atoms in total. The Hall–Kier alpha value is -2.19. The molecule has 2 unspecified atom stereocenters. The van der Waals surface area contributed by atoms with Gasteiger partial charge in [0.2, 0.25) is 0 Å². The van der Waals surface area contributed by atoms with Crippen LogP contribution in [-0.2, 0) is 20.3 Å². The van der Waals surface area contributed by atoms with Crippen LogP contribution in [0.25, 0.3) is 0 Å². The van der Waals surface area contributed by atoms with Crippen LogP contribution in [0, 0.1) is 28.6 Å². The van der Waals surface area contributed by atoms with Gasteiger partial charge in [-0.2, -0.15) is 5.10 Å². The second kappa shape index (κ2) is 11.7. The van der Waals surface area contributed by atoms with E-state index >= 15 is 0 Å². The summed E-state index contributed by atoms with van der Waals surface area (Å²) in [4.78, 5) is 0. The molecule has 1 aromatic heterocycles. The van der Waals surface area contributed by atoms with Gasteiger partial charge < -0.3 is 13.7 Å². The van der Waals surface area contributed by atoms with Crippen molar-refractivity contribution >= 4 is 31.3 Å². The summed E-state index contributed by atoms with van der Waals surface area (Å²) in [5.74, 6) is 0. The second-order valence-electron chi connectivity index (χ2n) is 19.7. The van der Waals surface area contributed by atoms with Crippen molar-refractivity contribution in [1.82, 2.24) is 9.78 Å². The van der Waals surface area contributed by atoms with Crippen LogP contribution in [0.15, 0.2) is 66.9 Å². The molecule has 3 aromatic rings. The predicted octanol–water partition coefficient (Wildman–Crippen LogP) is 8.21. The lowest BCUT2D eigenvalue weighted by Gasteiger charge is -2.70. The van der Waals surface area contributed by atoms with Gasteiger partial charge in [-0.15, -0.1) is 0 Å².